The van der Waals surface area contributed by atoms with E-state index in [1.807, 2.05) is 43.3 Å². The molecule has 0 unspecified atom stereocenters. The highest BCUT2D eigenvalue weighted by Crippen LogP contribution is 2.21. The summed E-state index contributed by atoms with van der Waals surface area (Å²) in [6.07, 6.45) is 5.34. The summed E-state index contributed by atoms with van der Waals surface area (Å²) < 4.78 is 12.0. The molecule has 4 nitrogen and oxygen atoms in total. The van der Waals surface area contributed by atoms with Crippen LogP contribution in [-0.2, 0) is 20.9 Å². The topological polar surface area (TPSA) is 39.9 Å². The van der Waals surface area contributed by atoms with E-state index in [-0.39, 0.29) is 24.5 Å². The molecular weight excluding hydrogens is 290 g/mol. The molecule has 2 rings (SSSR count). The fourth-order valence-corrected chi connectivity index (χ4v) is 2.66. The van der Waals surface area contributed by atoms with Crippen molar-refractivity contribution in [1.29, 1.82) is 0 Å². The third kappa shape index (κ3) is 5.31. The molecule has 0 aromatic heterocycles. The van der Waals surface area contributed by atoms with Gasteiger partial charge in [0.25, 0.3) is 6.54 Å². The number of nitrogens with zero attached hydrogens (tertiary/aromatic N) is 1. The van der Waals surface area contributed by atoms with Gasteiger partial charge in [0, 0.05) is 0 Å². The molecule has 0 bridgehead atoms. The van der Waals surface area contributed by atoms with Gasteiger partial charge in [-0.1, -0.05) is 49.4 Å². The molecule has 0 fully saturated rings. The molecule has 0 radical (unpaired) electrons. The van der Waals surface area contributed by atoms with Gasteiger partial charge in [-0.2, -0.15) is 0 Å². The lowest BCUT2D eigenvalue weighted by Crippen LogP contribution is -2.38. The number of rotatable bonds is 6. The Balaban J connectivity index is 2.01. The lowest BCUT2D eigenvalue weighted by atomic mass is 10.0. The van der Waals surface area contributed by atoms with Crippen molar-refractivity contribution in [3.05, 3.63) is 59.5 Å². The van der Waals surface area contributed by atoms with Crippen molar-refractivity contribution < 1.29 is 14.3 Å². The molecule has 0 spiro atoms. The zero-order chi connectivity index (χ0) is 16.5. The maximum absolute atomic E-state index is 12.0. The largest absolute Gasteiger partial charge is 0.371 e. The smallest absolute Gasteiger partial charge is 0.274 e. The van der Waals surface area contributed by atoms with Crippen molar-refractivity contribution >= 4 is 5.78 Å². The summed E-state index contributed by atoms with van der Waals surface area (Å²) in [5.74, 6) is -0.146. The monoisotopic (exact) mass is 313 g/mol. The van der Waals surface area contributed by atoms with E-state index in [1.165, 1.54) is 0 Å². The predicted octanol–water partition coefficient (Wildman–Crippen LogP) is 3.57. The zero-order valence-corrected chi connectivity index (χ0v) is 13.5. The van der Waals surface area contributed by atoms with Crippen molar-refractivity contribution in [2.75, 3.05) is 6.54 Å². The molecule has 3 atom stereocenters. The standard InChI is InChI=1S/C19H23NO3/c1-3-17-19(22-14-15-9-5-4-6-10-15)12-8-7-11-18(23-17)16(21)13-20-2/h4-10,17-19H,3,11-14H2,1H3/b8-7-/t17-,18-,19-/m1/s1. The second-order valence-corrected chi connectivity index (χ2v) is 5.63. The molecule has 1 aliphatic rings. The van der Waals surface area contributed by atoms with Crippen LogP contribution in [0.5, 0.6) is 0 Å². The Morgan fingerprint density at radius 2 is 2.04 bits per heavy atom. The SMILES string of the molecule is [C-]#[N+]CC(=O)[C@H]1C/C=C\C[C@@H](OCc2ccccc2)[C@@H](CC)O1. The number of hydrogen-bond acceptors (Lipinski definition) is 3. The summed E-state index contributed by atoms with van der Waals surface area (Å²) >= 11 is 0. The van der Waals surface area contributed by atoms with Crippen LogP contribution in [-0.4, -0.2) is 30.6 Å². The van der Waals surface area contributed by atoms with E-state index in [1.54, 1.807) is 0 Å². The lowest BCUT2D eigenvalue weighted by molar-refractivity contribution is -0.143. The van der Waals surface area contributed by atoms with Crippen molar-refractivity contribution in [2.24, 2.45) is 0 Å². The Kier molecular flexibility index (Phi) is 6.99. The molecule has 1 aromatic rings. The Morgan fingerprint density at radius 1 is 1.30 bits per heavy atom. The first kappa shape index (κ1) is 17.4. The van der Waals surface area contributed by atoms with Crippen LogP contribution in [0.3, 0.4) is 0 Å². The van der Waals surface area contributed by atoms with E-state index in [0.717, 1.165) is 18.4 Å². The van der Waals surface area contributed by atoms with Gasteiger partial charge in [-0.25, -0.2) is 6.57 Å². The molecule has 0 saturated heterocycles. The van der Waals surface area contributed by atoms with Crippen LogP contribution in [0.15, 0.2) is 42.5 Å². The summed E-state index contributed by atoms with van der Waals surface area (Å²) in [7, 11) is 0. The molecule has 122 valence electrons. The quantitative estimate of drug-likeness (QED) is 0.595. The summed E-state index contributed by atoms with van der Waals surface area (Å²) in [4.78, 5) is 15.2. The molecule has 0 N–H and O–H groups in total. The second kappa shape index (κ2) is 9.24. The minimum Gasteiger partial charge on any atom is -0.371 e. The Labute approximate surface area is 137 Å². The van der Waals surface area contributed by atoms with Gasteiger partial charge in [-0.3, -0.25) is 4.79 Å². The number of Topliss-reactive ketones (excluding diaryl/α,β-unsaturated/α-hetero) is 1. The van der Waals surface area contributed by atoms with Crippen LogP contribution in [0.2, 0.25) is 0 Å². The number of ether oxygens (including phenoxy) is 2. The molecule has 0 aliphatic carbocycles. The van der Waals surface area contributed by atoms with E-state index in [0.29, 0.717) is 13.0 Å². The summed E-state index contributed by atoms with van der Waals surface area (Å²) in [5, 5.41) is 0. The third-order valence-electron chi connectivity index (χ3n) is 3.94. The predicted molar refractivity (Wildman–Crippen MR) is 88.8 cm³/mol. The van der Waals surface area contributed by atoms with E-state index < -0.39 is 6.10 Å². The Hall–Kier alpha value is -1.96. The van der Waals surface area contributed by atoms with Crippen molar-refractivity contribution in [1.82, 2.24) is 0 Å². The number of carbonyl (C=O) groups is 1. The van der Waals surface area contributed by atoms with Crippen LogP contribution >= 0.6 is 0 Å². The molecule has 1 heterocycles. The minimum atomic E-state index is -0.534. The fraction of sp³-hybridized carbons (Fsp3) is 0.474. The Bertz CT molecular complexity index is 562. The van der Waals surface area contributed by atoms with Crippen LogP contribution in [0.25, 0.3) is 4.85 Å². The van der Waals surface area contributed by atoms with E-state index >= 15 is 0 Å². The highest BCUT2D eigenvalue weighted by molar-refractivity contribution is 5.86. The van der Waals surface area contributed by atoms with Crippen molar-refractivity contribution in [3.8, 4) is 0 Å². The van der Waals surface area contributed by atoms with Crippen molar-refractivity contribution in [2.45, 2.75) is 51.1 Å². The van der Waals surface area contributed by atoms with Crippen LogP contribution in [0, 0.1) is 6.57 Å². The first-order chi connectivity index (χ1) is 11.2. The Morgan fingerprint density at radius 3 is 2.74 bits per heavy atom. The molecule has 4 heteroatoms. The van der Waals surface area contributed by atoms with E-state index in [2.05, 4.69) is 10.9 Å². The average molecular weight is 313 g/mol. The molecule has 1 aromatic carbocycles. The van der Waals surface area contributed by atoms with Gasteiger partial charge in [-0.05, 0) is 24.8 Å². The number of carbonyl (C=O) groups excluding carboxylic acids is 1. The summed E-state index contributed by atoms with van der Waals surface area (Å²) in [6, 6.07) is 10.0. The van der Waals surface area contributed by atoms with Gasteiger partial charge in [0.05, 0.1) is 18.8 Å². The highest BCUT2D eigenvalue weighted by Gasteiger charge is 2.29. The van der Waals surface area contributed by atoms with Gasteiger partial charge in [0.15, 0.2) is 0 Å². The van der Waals surface area contributed by atoms with Crippen LogP contribution in [0.1, 0.15) is 31.7 Å². The molecule has 23 heavy (non-hydrogen) atoms. The zero-order valence-electron chi connectivity index (χ0n) is 13.5. The van der Waals surface area contributed by atoms with Gasteiger partial charge < -0.3 is 14.3 Å². The minimum absolute atomic E-state index is 0.0833. The maximum Gasteiger partial charge on any atom is 0.274 e. The number of benzene rings is 1. The molecule has 1 aliphatic heterocycles. The van der Waals surface area contributed by atoms with E-state index in [4.69, 9.17) is 16.0 Å². The van der Waals surface area contributed by atoms with Gasteiger partial charge in [0.1, 0.15) is 6.10 Å². The second-order valence-electron chi connectivity index (χ2n) is 5.63. The fourth-order valence-electron chi connectivity index (χ4n) is 2.66. The third-order valence-corrected chi connectivity index (χ3v) is 3.94. The van der Waals surface area contributed by atoms with Gasteiger partial charge in [0.2, 0.25) is 5.78 Å². The number of ketones is 1. The lowest BCUT2D eigenvalue weighted by Gasteiger charge is -2.30. The first-order valence-electron chi connectivity index (χ1n) is 8.06. The first-order valence-corrected chi connectivity index (χ1v) is 8.06. The normalized spacial score (nSPS) is 25.8. The van der Waals surface area contributed by atoms with Crippen LogP contribution < -0.4 is 0 Å². The van der Waals surface area contributed by atoms with Crippen molar-refractivity contribution in [3.63, 3.8) is 0 Å². The average Bonchev–Trinajstić information content (AvgIpc) is 2.55. The van der Waals surface area contributed by atoms with Crippen LogP contribution in [0.4, 0.5) is 0 Å². The summed E-state index contributed by atoms with van der Waals surface area (Å²) in [5.41, 5.74) is 1.12. The molecule has 0 saturated carbocycles. The van der Waals surface area contributed by atoms with E-state index in [9.17, 15) is 4.79 Å². The molecular formula is C19H23NO3. The molecule has 0 amide bonds. The van der Waals surface area contributed by atoms with Gasteiger partial charge in [-0.15, -0.1) is 0 Å². The maximum atomic E-state index is 12.0. The highest BCUT2D eigenvalue weighted by atomic mass is 16.5. The summed E-state index contributed by atoms with van der Waals surface area (Å²) in [6.45, 7) is 9.29. The number of hydrogen-bond donors (Lipinski definition) is 0. The van der Waals surface area contributed by atoms with Gasteiger partial charge >= 0.3 is 0 Å².